The molecule has 0 aliphatic carbocycles. The summed E-state index contributed by atoms with van der Waals surface area (Å²) in [4.78, 5) is 19.7. The minimum Gasteiger partial charge on any atom is -0.493 e. The van der Waals surface area contributed by atoms with Crippen molar-refractivity contribution in [2.45, 2.75) is 6.04 Å². The molecule has 2 saturated heterocycles. The van der Waals surface area contributed by atoms with Crippen molar-refractivity contribution >= 4 is 5.91 Å². The zero-order valence-electron chi connectivity index (χ0n) is 15.2. The molecule has 26 heavy (non-hydrogen) atoms. The number of piperazine rings is 1. The number of nitrogens with zero attached hydrogens (tertiary/aromatic N) is 3. The molecule has 0 radical (unpaired) electrons. The normalized spacial score (nSPS) is 29.0. The van der Waals surface area contributed by atoms with Gasteiger partial charge in [-0.15, -0.1) is 6.58 Å². The zero-order chi connectivity index (χ0) is 18.3. The van der Waals surface area contributed by atoms with Gasteiger partial charge in [0.15, 0.2) is 0 Å². The van der Waals surface area contributed by atoms with Crippen LogP contribution in [0.2, 0.25) is 0 Å². The Balaban J connectivity index is 1.49. The summed E-state index contributed by atoms with van der Waals surface area (Å²) in [6.07, 6.45) is 1.91. The zero-order valence-corrected chi connectivity index (χ0v) is 15.2. The Bertz CT molecular complexity index is 702. The van der Waals surface area contributed by atoms with E-state index < -0.39 is 0 Å². The number of amides is 1. The first kappa shape index (κ1) is 17.5. The molecule has 0 aromatic heterocycles. The van der Waals surface area contributed by atoms with Crippen LogP contribution >= 0.6 is 0 Å². The van der Waals surface area contributed by atoms with Crippen LogP contribution in [0.25, 0.3) is 0 Å². The van der Waals surface area contributed by atoms with Gasteiger partial charge in [0.25, 0.3) is 0 Å². The van der Waals surface area contributed by atoms with Gasteiger partial charge in [-0.3, -0.25) is 14.6 Å². The van der Waals surface area contributed by atoms with E-state index in [0.717, 1.165) is 44.0 Å². The molecule has 5 nitrogen and oxygen atoms in total. The molecule has 0 saturated carbocycles. The summed E-state index contributed by atoms with van der Waals surface area (Å²) < 4.78 is 19.6. The Labute approximate surface area is 154 Å². The van der Waals surface area contributed by atoms with E-state index in [1.807, 2.05) is 18.0 Å². The first-order valence-electron chi connectivity index (χ1n) is 9.33. The molecule has 4 rings (SSSR count). The van der Waals surface area contributed by atoms with E-state index in [1.54, 1.807) is 12.1 Å². The van der Waals surface area contributed by atoms with Crippen molar-refractivity contribution in [3.63, 3.8) is 0 Å². The van der Waals surface area contributed by atoms with E-state index in [2.05, 4.69) is 16.4 Å². The van der Waals surface area contributed by atoms with Crippen molar-refractivity contribution < 1.29 is 13.9 Å². The van der Waals surface area contributed by atoms with Crippen LogP contribution in [0.15, 0.2) is 30.9 Å². The highest BCUT2D eigenvalue weighted by Crippen LogP contribution is 2.47. The van der Waals surface area contributed by atoms with Gasteiger partial charge < -0.3 is 9.64 Å². The number of carbonyl (C=O) groups excluding carboxylic acids is 1. The quantitative estimate of drug-likeness (QED) is 0.771. The Morgan fingerprint density at radius 1 is 1.35 bits per heavy atom. The summed E-state index contributed by atoms with van der Waals surface area (Å²) in [6.45, 7) is 9.16. The summed E-state index contributed by atoms with van der Waals surface area (Å²) in [5, 5.41) is 0. The molecule has 2 fully saturated rings. The van der Waals surface area contributed by atoms with Crippen molar-refractivity contribution in [1.29, 1.82) is 0 Å². The van der Waals surface area contributed by atoms with Crippen LogP contribution in [-0.2, 0) is 4.79 Å². The smallest absolute Gasteiger partial charge is 0.227 e. The minimum atomic E-state index is -0.255. The van der Waals surface area contributed by atoms with E-state index in [4.69, 9.17) is 4.74 Å². The molecule has 1 amide bonds. The number of carbonyl (C=O) groups is 1. The lowest BCUT2D eigenvalue weighted by Crippen LogP contribution is -2.51. The van der Waals surface area contributed by atoms with Gasteiger partial charge in [0.2, 0.25) is 5.91 Å². The lowest BCUT2D eigenvalue weighted by Gasteiger charge is -2.37. The van der Waals surface area contributed by atoms with Gasteiger partial charge in [-0.2, -0.15) is 0 Å². The third-order valence-corrected chi connectivity index (χ3v) is 5.99. The molecular weight excluding hydrogens is 333 g/mol. The summed E-state index contributed by atoms with van der Waals surface area (Å²) in [7, 11) is 2.02. The first-order valence-corrected chi connectivity index (χ1v) is 9.33. The molecule has 3 aliphatic heterocycles. The minimum absolute atomic E-state index is 0.0467. The fraction of sp³-hybridized carbons (Fsp3) is 0.550. The lowest BCUT2D eigenvalue weighted by molar-refractivity contribution is -0.138. The largest absolute Gasteiger partial charge is 0.493 e. The number of hydrogen-bond acceptors (Lipinski definition) is 4. The predicted octanol–water partition coefficient (Wildman–Crippen LogP) is 1.77. The predicted molar refractivity (Wildman–Crippen MR) is 97.5 cm³/mol. The second-order valence-electron chi connectivity index (χ2n) is 7.56. The van der Waals surface area contributed by atoms with E-state index in [1.165, 1.54) is 6.07 Å². The van der Waals surface area contributed by atoms with Gasteiger partial charge >= 0.3 is 0 Å². The fourth-order valence-corrected chi connectivity index (χ4v) is 4.68. The summed E-state index contributed by atoms with van der Waals surface area (Å²) in [6, 6.07) is 4.73. The average molecular weight is 359 g/mol. The van der Waals surface area contributed by atoms with Crippen molar-refractivity contribution in [3.05, 3.63) is 42.2 Å². The molecule has 0 spiro atoms. The standard InChI is InChI=1S/C20H26FN3O2/c1-3-6-23-7-9-24(10-8-23)20(25)16-12-22(2)19-15-11-14(21)4-5-18(15)26-13-17(16)19/h3-5,11,16-17,19H,1,6-10,12-13H2,2H3/t16-,17+,19+/m1/s1. The van der Waals surface area contributed by atoms with Crippen LogP contribution in [0.4, 0.5) is 4.39 Å². The number of halogens is 1. The van der Waals surface area contributed by atoms with E-state index in [9.17, 15) is 9.18 Å². The maximum absolute atomic E-state index is 13.8. The fourth-order valence-electron chi connectivity index (χ4n) is 4.68. The van der Waals surface area contributed by atoms with Crippen molar-refractivity contribution in [3.8, 4) is 5.75 Å². The van der Waals surface area contributed by atoms with Crippen LogP contribution < -0.4 is 4.74 Å². The number of likely N-dealkylation sites (tertiary alicyclic amines) is 1. The third-order valence-electron chi connectivity index (χ3n) is 5.99. The SMILES string of the molecule is C=CCN1CCN(C(=O)[C@@H]2CN(C)[C@H]3c4cc(F)ccc4OC[C@@H]23)CC1. The van der Waals surface area contributed by atoms with Crippen LogP contribution in [0, 0.1) is 17.7 Å². The first-order chi connectivity index (χ1) is 12.6. The third kappa shape index (κ3) is 3.01. The summed E-state index contributed by atoms with van der Waals surface area (Å²) in [5.41, 5.74) is 0.870. The number of fused-ring (bicyclic) bond motifs is 3. The molecule has 0 bridgehead atoms. The van der Waals surface area contributed by atoms with Crippen LogP contribution in [0.1, 0.15) is 11.6 Å². The number of ether oxygens (including phenoxy) is 1. The molecule has 140 valence electrons. The van der Waals surface area contributed by atoms with E-state index in [0.29, 0.717) is 13.2 Å². The van der Waals surface area contributed by atoms with Crippen LogP contribution in [0.3, 0.4) is 0 Å². The molecule has 1 aromatic rings. The molecule has 1 aromatic carbocycles. The highest BCUT2D eigenvalue weighted by atomic mass is 19.1. The highest BCUT2D eigenvalue weighted by Gasteiger charge is 2.48. The summed E-state index contributed by atoms with van der Waals surface area (Å²) in [5.74, 6) is 0.687. The topological polar surface area (TPSA) is 36.0 Å². The Morgan fingerprint density at radius 3 is 2.85 bits per heavy atom. The van der Waals surface area contributed by atoms with Crippen LogP contribution in [0.5, 0.6) is 5.75 Å². The summed E-state index contributed by atoms with van der Waals surface area (Å²) >= 11 is 0. The van der Waals surface area contributed by atoms with Crippen molar-refractivity contribution in [1.82, 2.24) is 14.7 Å². The van der Waals surface area contributed by atoms with Gasteiger partial charge in [0.05, 0.1) is 12.5 Å². The van der Waals surface area contributed by atoms with Gasteiger partial charge in [0, 0.05) is 56.8 Å². The van der Waals surface area contributed by atoms with Gasteiger partial charge in [-0.1, -0.05) is 6.08 Å². The maximum Gasteiger partial charge on any atom is 0.227 e. The van der Waals surface area contributed by atoms with Gasteiger partial charge in [-0.25, -0.2) is 4.39 Å². The number of rotatable bonds is 3. The van der Waals surface area contributed by atoms with Crippen molar-refractivity contribution in [2.24, 2.45) is 11.8 Å². The van der Waals surface area contributed by atoms with Gasteiger partial charge in [0.1, 0.15) is 11.6 Å². The monoisotopic (exact) mass is 359 g/mol. The lowest BCUT2D eigenvalue weighted by atomic mass is 9.84. The maximum atomic E-state index is 13.8. The Morgan fingerprint density at radius 2 is 2.12 bits per heavy atom. The number of hydrogen-bond donors (Lipinski definition) is 0. The molecule has 3 aliphatic rings. The second-order valence-corrected chi connectivity index (χ2v) is 7.56. The highest BCUT2D eigenvalue weighted by molar-refractivity contribution is 5.80. The molecule has 3 heterocycles. The second kappa shape index (κ2) is 7.00. The number of benzene rings is 1. The van der Waals surface area contributed by atoms with Crippen LogP contribution in [-0.4, -0.2) is 73.5 Å². The van der Waals surface area contributed by atoms with E-state index >= 15 is 0 Å². The Hall–Kier alpha value is -1.92. The van der Waals surface area contributed by atoms with Crippen molar-refractivity contribution in [2.75, 3.05) is 52.9 Å². The molecule has 0 unspecified atom stereocenters. The molecular formula is C20H26FN3O2. The Kier molecular flexibility index (Phi) is 4.71. The van der Waals surface area contributed by atoms with Gasteiger partial charge in [-0.05, 0) is 25.2 Å². The molecule has 3 atom stereocenters. The average Bonchev–Trinajstić information content (AvgIpc) is 2.99. The molecule has 0 N–H and O–H groups in total. The van der Waals surface area contributed by atoms with E-state index in [-0.39, 0.29) is 29.6 Å². The molecule has 6 heteroatoms.